The summed E-state index contributed by atoms with van der Waals surface area (Å²) in [7, 11) is 0. The molecule has 3 aromatic rings. The van der Waals surface area contributed by atoms with Gasteiger partial charge in [-0.25, -0.2) is 4.39 Å². The highest BCUT2D eigenvalue weighted by atomic mass is 79.9. The molecular formula is C22H18BrFN2O3. The molecule has 0 spiro atoms. The molecule has 0 atom stereocenters. The van der Waals surface area contributed by atoms with Crippen molar-refractivity contribution in [1.29, 1.82) is 0 Å². The second-order valence-electron chi connectivity index (χ2n) is 6.01. The maximum Gasteiger partial charge on any atom is 0.256 e. The number of rotatable bonds is 7. The second-order valence-corrected chi connectivity index (χ2v) is 6.87. The number of nitrogens with one attached hydrogen (secondary N) is 2. The number of halogens is 2. The van der Waals surface area contributed by atoms with Gasteiger partial charge in [-0.15, -0.1) is 0 Å². The smallest absolute Gasteiger partial charge is 0.256 e. The van der Waals surface area contributed by atoms with Crippen LogP contribution in [0.4, 0.5) is 10.1 Å². The molecule has 0 saturated carbocycles. The summed E-state index contributed by atoms with van der Waals surface area (Å²) in [6.07, 6.45) is 0. The van der Waals surface area contributed by atoms with Crippen LogP contribution in [0.25, 0.3) is 0 Å². The van der Waals surface area contributed by atoms with Crippen molar-refractivity contribution in [2.45, 2.75) is 0 Å². The average Bonchev–Trinajstić information content (AvgIpc) is 2.73. The Morgan fingerprint density at radius 1 is 0.862 bits per heavy atom. The number of anilines is 1. The Morgan fingerprint density at radius 2 is 1.52 bits per heavy atom. The molecule has 5 nitrogen and oxygen atoms in total. The highest BCUT2D eigenvalue weighted by molar-refractivity contribution is 9.10. The van der Waals surface area contributed by atoms with Gasteiger partial charge in [-0.3, -0.25) is 9.59 Å². The first-order valence-electron chi connectivity index (χ1n) is 8.86. The maximum absolute atomic E-state index is 13.5. The number of amides is 2. The zero-order valence-corrected chi connectivity index (χ0v) is 16.9. The average molecular weight is 457 g/mol. The lowest BCUT2D eigenvalue weighted by Crippen LogP contribution is -2.29. The number of ether oxygens (including phenoxy) is 1. The molecule has 0 aromatic heterocycles. The summed E-state index contributed by atoms with van der Waals surface area (Å²) in [5.41, 5.74) is 1.17. The van der Waals surface area contributed by atoms with Gasteiger partial charge in [-0.1, -0.05) is 36.4 Å². The van der Waals surface area contributed by atoms with E-state index in [1.807, 2.05) is 6.07 Å². The fourth-order valence-corrected chi connectivity index (χ4v) is 3.07. The fraction of sp³-hybridized carbons (Fsp3) is 0.0909. The first-order valence-corrected chi connectivity index (χ1v) is 9.66. The molecule has 7 heteroatoms. The third kappa shape index (κ3) is 5.42. The standard InChI is InChI=1S/C22H18BrFN2O3/c23-17-9-3-1-7-15(17)22(28)26-19-11-5-2-8-16(19)21(27)25-13-14-29-20-12-6-4-10-18(20)24/h1-12H,13-14H2,(H,25,27)(H,26,28). The lowest BCUT2D eigenvalue weighted by molar-refractivity contribution is 0.0947. The second kappa shape index (κ2) is 9.84. The highest BCUT2D eigenvalue weighted by Crippen LogP contribution is 2.20. The van der Waals surface area contributed by atoms with E-state index in [9.17, 15) is 14.0 Å². The van der Waals surface area contributed by atoms with Gasteiger partial charge in [0.15, 0.2) is 11.6 Å². The van der Waals surface area contributed by atoms with Gasteiger partial charge in [0.2, 0.25) is 0 Å². The van der Waals surface area contributed by atoms with Crippen LogP contribution in [0.5, 0.6) is 5.75 Å². The van der Waals surface area contributed by atoms with Crippen molar-refractivity contribution >= 4 is 33.4 Å². The predicted octanol–water partition coefficient (Wildman–Crippen LogP) is 4.65. The van der Waals surface area contributed by atoms with Gasteiger partial charge in [0.1, 0.15) is 6.61 Å². The van der Waals surface area contributed by atoms with Crippen molar-refractivity contribution in [3.05, 3.63) is 94.2 Å². The van der Waals surface area contributed by atoms with E-state index in [-0.39, 0.29) is 30.7 Å². The van der Waals surface area contributed by atoms with Gasteiger partial charge in [0, 0.05) is 4.47 Å². The number of hydrogen-bond acceptors (Lipinski definition) is 3. The summed E-state index contributed by atoms with van der Waals surface area (Å²) in [6.45, 7) is 0.290. The summed E-state index contributed by atoms with van der Waals surface area (Å²) in [5, 5.41) is 5.47. The molecule has 0 aliphatic carbocycles. The topological polar surface area (TPSA) is 67.4 Å². The van der Waals surface area contributed by atoms with Gasteiger partial charge < -0.3 is 15.4 Å². The van der Waals surface area contributed by atoms with Crippen LogP contribution >= 0.6 is 15.9 Å². The van der Waals surface area contributed by atoms with E-state index in [0.717, 1.165) is 0 Å². The molecule has 0 saturated heterocycles. The van der Waals surface area contributed by atoms with E-state index < -0.39 is 5.82 Å². The zero-order valence-electron chi connectivity index (χ0n) is 15.3. The number of hydrogen-bond donors (Lipinski definition) is 2. The van der Waals surface area contributed by atoms with Crippen LogP contribution in [0.15, 0.2) is 77.3 Å². The van der Waals surface area contributed by atoms with Crippen LogP contribution in [0, 0.1) is 5.82 Å². The minimum atomic E-state index is -0.459. The Balaban J connectivity index is 1.60. The van der Waals surface area contributed by atoms with Crippen LogP contribution in [-0.2, 0) is 0 Å². The van der Waals surface area contributed by atoms with E-state index in [1.165, 1.54) is 12.1 Å². The molecule has 0 radical (unpaired) electrons. The zero-order chi connectivity index (χ0) is 20.6. The largest absolute Gasteiger partial charge is 0.489 e. The first-order chi connectivity index (χ1) is 14.1. The van der Waals surface area contributed by atoms with E-state index in [0.29, 0.717) is 21.3 Å². The summed E-state index contributed by atoms with van der Waals surface area (Å²) in [4.78, 5) is 25.1. The van der Waals surface area contributed by atoms with Gasteiger partial charge >= 0.3 is 0 Å². The molecule has 29 heavy (non-hydrogen) atoms. The molecule has 3 rings (SSSR count). The van der Waals surface area contributed by atoms with Crippen LogP contribution in [0.2, 0.25) is 0 Å². The molecule has 0 heterocycles. The Bertz CT molecular complexity index is 1030. The summed E-state index contributed by atoms with van der Waals surface area (Å²) in [6, 6.07) is 19.8. The molecule has 0 unspecified atom stereocenters. The van der Waals surface area contributed by atoms with Crippen LogP contribution in [-0.4, -0.2) is 25.0 Å². The Kier molecular flexibility index (Phi) is 6.97. The van der Waals surface area contributed by atoms with E-state index in [4.69, 9.17) is 4.74 Å². The number of carbonyl (C=O) groups is 2. The molecule has 0 fully saturated rings. The third-order valence-corrected chi connectivity index (χ3v) is 4.71. The van der Waals surface area contributed by atoms with E-state index in [2.05, 4.69) is 26.6 Å². The SMILES string of the molecule is O=C(Nc1ccccc1C(=O)NCCOc1ccccc1F)c1ccccc1Br. The van der Waals surface area contributed by atoms with E-state index in [1.54, 1.807) is 54.6 Å². The highest BCUT2D eigenvalue weighted by Gasteiger charge is 2.15. The number of benzene rings is 3. The Labute approximate surface area is 176 Å². The van der Waals surface area contributed by atoms with Gasteiger partial charge in [0.05, 0.1) is 23.4 Å². The molecule has 0 aliphatic heterocycles. The van der Waals surface area contributed by atoms with Crippen molar-refractivity contribution in [1.82, 2.24) is 5.32 Å². The van der Waals surface area contributed by atoms with Crippen molar-refractivity contribution in [2.75, 3.05) is 18.5 Å². The quantitative estimate of drug-likeness (QED) is 0.508. The number of para-hydroxylation sites is 2. The lowest BCUT2D eigenvalue weighted by atomic mass is 10.1. The molecule has 3 aromatic carbocycles. The Morgan fingerprint density at radius 3 is 2.28 bits per heavy atom. The summed E-state index contributed by atoms with van der Waals surface area (Å²) >= 11 is 3.34. The molecule has 0 aliphatic rings. The maximum atomic E-state index is 13.5. The molecule has 2 amide bonds. The minimum Gasteiger partial charge on any atom is -0.489 e. The van der Waals surface area contributed by atoms with Gasteiger partial charge in [-0.2, -0.15) is 0 Å². The van der Waals surface area contributed by atoms with Crippen LogP contribution in [0.1, 0.15) is 20.7 Å². The van der Waals surface area contributed by atoms with Gasteiger partial charge in [-0.05, 0) is 52.3 Å². The number of carbonyl (C=O) groups excluding carboxylic acids is 2. The van der Waals surface area contributed by atoms with E-state index >= 15 is 0 Å². The third-order valence-electron chi connectivity index (χ3n) is 4.02. The monoisotopic (exact) mass is 456 g/mol. The van der Waals surface area contributed by atoms with Crippen LogP contribution < -0.4 is 15.4 Å². The fourth-order valence-electron chi connectivity index (χ4n) is 2.61. The van der Waals surface area contributed by atoms with Crippen LogP contribution in [0.3, 0.4) is 0 Å². The molecule has 148 valence electrons. The first kappa shape index (κ1) is 20.5. The van der Waals surface area contributed by atoms with Crippen molar-refractivity contribution < 1.29 is 18.7 Å². The molecular weight excluding hydrogens is 439 g/mol. The normalized spacial score (nSPS) is 10.3. The minimum absolute atomic E-state index is 0.109. The van der Waals surface area contributed by atoms with Crippen molar-refractivity contribution in [3.8, 4) is 5.75 Å². The van der Waals surface area contributed by atoms with Gasteiger partial charge in [0.25, 0.3) is 11.8 Å². The molecule has 0 bridgehead atoms. The molecule has 2 N–H and O–H groups in total. The van der Waals surface area contributed by atoms with Crippen molar-refractivity contribution in [2.24, 2.45) is 0 Å². The Hall–Kier alpha value is -3.19. The lowest BCUT2D eigenvalue weighted by Gasteiger charge is -2.12. The summed E-state index contributed by atoms with van der Waals surface area (Å²) < 4.78 is 19.5. The predicted molar refractivity (Wildman–Crippen MR) is 113 cm³/mol. The summed E-state index contributed by atoms with van der Waals surface area (Å²) in [5.74, 6) is -1.03. The van der Waals surface area contributed by atoms with Crippen molar-refractivity contribution in [3.63, 3.8) is 0 Å².